The lowest BCUT2D eigenvalue weighted by atomic mass is 9.98. The molecule has 0 heterocycles. The number of ketones is 1. The minimum atomic E-state index is -0.238. The highest BCUT2D eigenvalue weighted by Crippen LogP contribution is 2.36. The summed E-state index contributed by atoms with van der Waals surface area (Å²) in [5.41, 5.74) is 2.08. The number of hydrogen-bond acceptors (Lipinski definition) is 4. The Morgan fingerprint density at radius 2 is 2.11 bits per heavy atom. The fourth-order valence-electron chi connectivity index (χ4n) is 2.39. The predicted molar refractivity (Wildman–Crippen MR) is 72.3 cm³/mol. The van der Waals surface area contributed by atoms with E-state index in [1.165, 1.54) is 0 Å². The van der Waals surface area contributed by atoms with E-state index in [1.54, 1.807) is 20.3 Å². The molecule has 0 aliphatic heterocycles. The Labute approximate surface area is 112 Å². The first-order valence-electron chi connectivity index (χ1n) is 6.18. The number of Topliss-reactive ketones (excluding diaryl/α,β-unsaturated/α-hetero) is 1. The maximum absolute atomic E-state index is 12.1. The minimum Gasteiger partial charge on any atom is -0.511 e. The van der Waals surface area contributed by atoms with Gasteiger partial charge in [-0.25, -0.2) is 0 Å². The zero-order valence-corrected chi connectivity index (χ0v) is 11.4. The lowest BCUT2D eigenvalue weighted by Crippen LogP contribution is -2.07. The number of aryl methyl sites for hydroxylation is 1. The van der Waals surface area contributed by atoms with E-state index in [2.05, 4.69) is 0 Å². The van der Waals surface area contributed by atoms with E-state index in [9.17, 15) is 9.90 Å². The summed E-state index contributed by atoms with van der Waals surface area (Å²) in [7, 11) is 3.14. The molecule has 102 valence electrons. The van der Waals surface area contributed by atoms with Gasteiger partial charge < -0.3 is 14.6 Å². The summed E-state index contributed by atoms with van der Waals surface area (Å²) in [6.07, 6.45) is 0.297. The predicted octanol–water partition coefficient (Wildman–Crippen LogP) is 2.51. The van der Waals surface area contributed by atoms with Gasteiger partial charge in [0.05, 0.1) is 19.3 Å². The summed E-state index contributed by atoms with van der Waals surface area (Å²) in [5.74, 6) is 0.515. The molecule has 1 aliphatic rings. The van der Waals surface area contributed by atoms with Gasteiger partial charge in [-0.1, -0.05) is 6.07 Å². The SMILES string of the molecule is COCC1CC(=O)C(c2cc(OC)ccc2C)=C1O. The van der Waals surface area contributed by atoms with Crippen molar-refractivity contribution in [2.24, 2.45) is 5.92 Å². The number of methoxy groups -OCH3 is 2. The second-order valence-electron chi connectivity index (χ2n) is 4.72. The van der Waals surface area contributed by atoms with Crippen LogP contribution in [0.15, 0.2) is 24.0 Å². The average Bonchev–Trinajstić information content (AvgIpc) is 2.66. The van der Waals surface area contributed by atoms with Crippen molar-refractivity contribution in [3.8, 4) is 5.75 Å². The van der Waals surface area contributed by atoms with Gasteiger partial charge in [0.2, 0.25) is 0 Å². The summed E-state index contributed by atoms with van der Waals surface area (Å²) in [6, 6.07) is 5.50. The second kappa shape index (κ2) is 5.45. The van der Waals surface area contributed by atoms with Crippen LogP contribution in [0.3, 0.4) is 0 Å². The van der Waals surface area contributed by atoms with Gasteiger partial charge >= 0.3 is 0 Å². The number of carbonyl (C=O) groups excluding carboxylic acids is 1. The maximum Gasteiger partial charge on any atom is 0.167 e. The van der Waals surface area contributed by atoms with Gasteiger partial charge in [-0.3, -0.25) is 4.79 Å². The molecule has 1 aliphatic carbocycles. The number of allylic oxidation sites excluding steroid dienone is 1. The van der Waals surface area contributed by atoms with Crippen molar-refractivity contribution in [3.63, 3.8) is 0 Å². The third-order valence-corrected chi connectivity index (χ3v) is 3.44. The van der Waals surface area contributed by atoms with E-state index in [0.717, 1.165) is 11.1 Å². The Hall–Kier alpha value is -1.81. The highest BCUT2D eigenvalue weighted by atomic mass is 16.5. The highest BCUT2D eigenvalue weighted by Gasteiger charge is 2.33. The molecular formula is C15H18O4. The molecule has 0 radical (unpaired) electrons. The van der Waals surface area contributed by atoms with Crippen molar-refractivity contribution in [2.45, 2.75) is 13.3 Å². The summed E-state index contributed by atoms with van der Waals surface area (Å²) in [4.78, 5) is 12.1. The lowest BCUT2D eigenvalue weighted by Gasteiger charge is -2.10. The van der Waals surface area contributed by atoms with Crippen LogP contribution in [0.4, 0.5) is 0 Å². The third-order valence-electron chi connectivity index (χ3n) is 3.44. The van der Waals surface area contributed by atoms with E-state index >= 15 is 0 Å². The Bertz CT molecular complexity index is 531. The van der Waals surface area contributed by atoms with E-state index in [4.69, 9.17) is 9.47 Å². The van der Waals surface area contributed by atoms with Crippen LogP contribution in [0, 0.1) is 12.8 Å². The van der Waals surface area contributed by atoms with Crippen molar-refractivity contribution in [3.05, 3.63) is 35.1 Å². The summed E-state index contributed by atoms with van der Waals surface area (Å²) >= 11 is 0. The summed E-state index contributed by atoms with van der Waals surface area (Å²) in [5, 5.41) is 10.2. The van der Waals surface area contributed by atoms with Gasteiger partial charge in [0.25, 0.3) is 0 Å². The van der Waals surface area contributed by atoms with Gasteiger partial charge in [-0.2, -0.15) is 0 Å². The van der Waals surface area contributed by atoms with Crippen LogP contribution >= 0.6 is 0 Å². The Morgan fingerprint density at radius 3 is 2.74 bits per heavy atom. The molecule has 1 aromatic carbocycles. The van der Waals surface area contributed by atoms with Crippen LogP contribution in [0.25, 0.3) is 5.57 Å². The van der Waals surface area contributed by atoms with Crippen LogP contribution in [0.2, 0.25) is 0 Å². The van der Waals surface area contributed by atoms with Crippen LogP contribution in [-0.2, 0) is 9.53 Å². The number of carbonyl (C=O) groups is 1. The fraction of sp³-hybridized carbons (Fsp3) is 0.400. The van der Waals surface area contributed by atoms with Gasteiger partial charge in [0, 0.05) is 19.4 Å². The molecule has 1 unspecified atom stereocenters. The molecule has 0 fully saturated rings. The Morgan fingerprint density at radius 1 is 1.37 bits per heavy atom. The molecule has 0 saturated heterocycles. The van der Waals surface area contributed by atoms with Crippen molar-refractivity contribution in [1.82, 2.24) is 0 Å². The number of aliphatic hydroxyl groups excluding tert-OH is 1. The molecule has 0 saturated carbocycles. The molecule has 2 rings (SSSR count). The molecule has 0 amide bonds. The number of hydrogen-bond donors (Lipinski definition) is 1. The van der Waals surface area contributed by atoms with Crippen LogP contribution in [0.5, 0.6) is 5.75 Å². The fourth-order valence-corrected chi connectivity index (χ4v) is 2.39. The maximum atomic E-state index is 12.1. The zero-order valence-electron chi connectivity index (χ0n) is 11.4. The molecular weight excluding hydrogens is 244 g/mol. The van der Waals surface area contributed by atoms with Crippen LogP contribution in [0.1, 0.15) is 17.5 Å². The first kappa shape index (κ1) is 13.6. The van der Waals surface area contributed by atoms with E-state index in [-0.39, 0.29) is 17.5 Å². The molecule has 1 atom stereocenters. The molecule has 4 heteroatoms. The lowest BCUT2D eigenvalue weighted by molar-refractivity contribution is -0.114. The van der Waals surface area contributed by atoms with Crippen LogP contribution < -0.4 is 4.74 Å². The molecule has 0 spiro atoms. The summed E-state index contributed by atoms with van der Waals surface area (Å²) < 4.78 is 10.2. The van der Waals surface area contributed by atoms with Crippen molar-refractivity contribution in [2.75, 3.05) is 20.8 Å². The normalized spacial score (nSPS) is 19.1. The van der Waals surface area contributed by atoms with Crippen molar-refractivity contribution < 1.29 is 19.4 Å². The number of aliphatic hydroxyl groups is 1. The Balaban J connectivity index is 2.47. The number of ether oxygens (including phenoxy) is 2. The number of benzene rings is 1. The highest BCUT2D eigenvalue weighted by molar-refractivity contribution is 6.24. The first-order valence-corrected chi connectivity index (χ1v) is 6.18. The molecule has 1 N–H and O–H groups in total. The molecule has 0 bridgehead atoms. The average molecular weight is 262 g/mol. The topological polar surface area (TPSA) is 55.8 Å². The molecule has 19 heavy (non-hydrogen) atoms. The van der Waals surface area contributed by atoms with Crippen molar-refractivity contribution in [1.29, 1.82) is 0 Å². The molecule has 0 aromatic heterocycles. The monoisotopic (exact) mass is 262 g/mol. The Kier molecular flexibility index (Phi) is 3.90. The van der Waals surface area contributed by atoms with Gasteiger partial charge in [0.1, 0.15) is 11.5 Å². The van der Waals surface area contributed by atoms with Crippen LogP contribution in [-0.4, -0.2) is 31.7 Å². The van der Waals surface area contributed by atoms with Gasteiger partial charge in [0.15, 0.2) is 5.78 Å². The summed E-state index contributed by atoms with van der Waals surface area (Å²) in [6.45, 7) is 2.26. The second-order valence-corrected chi connectivity index (χ2v) is 4.72. The van der Waals surface area contributed by atoms with E-state index < -0.39 is 0 Å². The third kappa shape index (κ3) is 2.49. The largest absolute Gasteiger partial charge is 0.511 e. The van der Waals surface area contributed by atoms with Gasteiger partial charge in [-0.05, 0) is 30.2 Å². The zero-order chi connectivity index (χ0) is 14.0. The standard InChI is InChI=1S/C15H18O4/c1-9-4-5-11(19-3)7-12(9)14-13(16)6-10(8-18-2)15(14)17/h4-5,7,10,17H,6,8H2,1-3H3. The molecule has 4 nitrogen and oxygen atoms in total. The number of rotatable bonds is 4. The van der Waals surface area contributed by atoms with E-state index in [1.807, 2.05) is 19.1 Å². The van der Waals surface area contributed by atoms with Crippen molar-refractivity contribution >= 4 is 11.4 Å². The quantitative estimate of drug-likeness (QED) is 0.905. The van der Waals surface area contributed by atoms with Gasteiger partial charge in [-0.15, -0.1) is 0 Å². The molecule has 1 aromatic rings. The minimum absolute atomic E-state index is 0.0455. The first-order chi connectivity index (χ1) is 9.08. The van der Waals surface area contributed by atoms with E-state index in [0.29, 0.717) is 24.4 Å². The smallest absolute Gasteiger partial charge is 0.167 e.